The fraction of sp³-hybridized carbons (Fsp3) is 0.364. The van der Waals surface area contributed by atoms with Crippen LogP contribution in [0.25, 0.3) is 0 Å². The monoisotopic (exact) mass is 191 g/mol. The van der Waals surface area contributed by atoms with Gasteiger partial charge in [0.15, 0.2) is 5.78 Å². The summed E-state index contributed by atoms with van der Waals surface area (Å²) in [7, 11) is 0. The van der Waals surface area contributed by atoms with E-state index in [4.69, 9.17) is 10.5 Å². The molecule has 1 heterocycles. The largest absolute Gasteiger partial charge is 0.493 e. The van der Waals surface area contributed by atoms with Gasteiger partial charge in [0.25, 0.3) is 0 Å². The second-order valence-corrected chi connectivity index (χ2v) is 3.50. The Hall–Kier alpha value is -1.35. The molecule has 1 aliphatic rings. The van der Waals surface area contributed by atoms with Crippen LogP contribution in [0.1, 0.15) is 21.5 Å². The molecule has 0 saturated carbocycles. The number of fused-ring (bicyclic) bond motifs is 1. The van der Waals surface area contributed by atoms with E-state index in [9.17, 15) is 4.79 Å². The number of benzene rings is 1. The van der Waals surface area contributed by atoms with Gasteiger partial charge in [0, 0.05) is 12.0 Å². The fourth-order valence-corrected chi connectivity index (χ4v) is 1.74. The predicted molar refractivity (Wildman–Crippen MR) is 53.8 cm³/mol. The molecule has 0 atom stereocenters. The summed E-state index contributed by atoms with van der Waals surface area (Å²) in [4.78, 5) is 11.5. The lowest BCUT2D eigenvalue weighted by Crippen LogP contribution is -2.14. The summed E-state index contributed by atoms with van der Waals surface area (Å²) >= 11 is 0. The minimum Gasteiger partial charge on any atom is -0.493 e. The minimum atomic E-state index is -0.00259. The van der Waals surface area contributed by atoms with E-state index in [1.165, 1.54) is 0 Å². The van der Waals surface area contributed by atoms with Crippen molar-refractivity contribution in [2.45, 2.75) is 13.3 Å². The summed E-state index contributed by atoms with van der Waals surface area (Å²) in [6, 6.07) is 3.83. The van der Waals surface area contributed by atoms with Crippen molar-refractivity contribution in [3.63, 3.8) is 0 Å². The van der Waals surface area contributed by atoms with Crippen LogP contribution in [0.3, 0.4) is 0 Å². The summed E-state index contributed by atoms with van der Waals surface area (Å²) in [5.41, 5.74) is 8.13. The topological polar surface area (TPSA) is 52.3 Å². The van der Waals surface area contributed by atoms with Crippen molar-refractivity contribution in [3.8, 4) is 5.75 Å². The van der Waals surface area contributed by atoms with Gasteiger partial charge in [-0.15, -0.1) is 0 Å². The molecule has 0 unspecified atom stereocenters. The Balaban J connectivity index is 2.47. The lowest BCUT2D eigenvalue weighted by atomic mass is 10.00. The highest BCUT2D eigenvalue weighted by atomic mass is 16.5. The molecule has 0 bridgehead atoms. The number of hydrogen-bond acceptors (Lipinski definition) is 3. The molecule has 0 aliphatic carbocycles. The highest BCUT2D eigenvalue weighted by Gasteiger charge is 2.16. The lowest BCUT2D eigenvalue weighted by molar-refractivity contribution is 0.100. The van der Waals surface area contributed by atoms with Crippen LogP contribution in [0.15, 0.2) is 12.1 Å². The third-order valence-corrected chi connectivity index (χ3v) is 2.52. The number of carbonyl (C=O) groups is 1. The first-order valence-electron chi connectivity index (χ1n) is 4.72. The molecule has 1 aromatic carbocycles. The van der Waals surface area contributed by atoms with Gasteiger partial charge in [-0.3, -0.25) is 4.79 Å². The molecule has 74 valence electrons. The Morgan fingerprint density at radius 1 is 1.57 bits per heavy atom. The first-order chi connectivity index (χ1) is 6.72. The second kappa shape index (κ2) is 3.42. The fourth-order valence-electron chi connectivity index (χ4n) is 1.74. The number of aryl methyl sites for hydroxylation is 1. The average Bonchev–Trinajstić information content (AvgIpc) is 2.62. The Bertz CT molecular complexity index is 385. The number of ketones is 1. The van der Waals surface area contributed by atoms with E-state index in [0.29, 0.717) is 0 Å². The molecule has 0 amide bonds. The van der Waals surface area contributed by atoms with E-state index in [0.717, 1.165) is 35.5 Å². The van der Waals surface area contributed by atoms with Gasteiger partial charge in [-0.2, -0.15) is 0 Å². The Kier molecular flexibility index (Phi) is 2.25. The maximum absolute atomic E-state index is 11.5. The van der Waals surface area contributed by atoms with Crippen molar-refractivity contribution in [2.24, 2.45) is 5.73 Å². The van der Waals surface area contributed by atoms with Crippen LogP contribution < -0.4 is 10.5 Å². The molecule has 3 heteroatoms. The maximum atomic E-state index is 11.5. The number of carbonyl (C=O) groups excluding carboxylic acids is 1. The summed E-state index contributed by atoms with van der Waals surface area (Å²) < 4.78 is 5.41. The van der Waals surface area contributed by atoms with Gasteiger partial charge in [0.05, 0.1) is 13.2 Å². The Morgan fingerprint density at radius 3 is 3.07 bits per heavy atom. The van der Waals surface area contributed by atoms with Crippen molar-refractivity contribution >= 4 is 5.78 Å². The molecule has 2 N–H and O–H groups in total. The van der Waals surface area contributed by atoms with E-state index in [2.05, 4.69) is 0 Å². The lowest BCUT2D eigenvalue weighted by Gasteiger charge is -2.06. The van der Waals surface area contributed by atoms with Crippen LogP contribution in [0.2, 0.25) is 0 Å². The summed E-state index contributed by atoms with van der Waals surface area (Å²) in [6.45, 7) is 2.69. The van der Waals surface area contributed by atoms with E-state index < -0.39 is 0 Å². The zero-order chi connectivity index (χ0) is 10.1. The third kappa shape index (κ3) is 1.40. The van der Waals surface area contributed by atoms with E-state index in [1.54, 1.807) is 0 Å². The number of hydrogen-bond donors (Lipinski definition) is 1. The van der Waals surface area contributed by atoms with E-state index in [1.807, 2.05) is 19.1 Å². The van der Waals surface area contributed by atoms with Crippen LogP contribution in [0, 0.1) is 6.92 Å². The van der Waals surface area contributed by atoms with Crippen molar-refractivity contribution in [1.29, 1.82) is 0 Å². The van der Waals surface area contributed by atoms with Crippen molar-refractivity contribution in [2.75, 3.05) is 13.2 Å². The van der Waals surface area contributed by atoms with E-state index >= 15 is 0 Å². The van der Waals surface area contributed by atoms with Gasteiger partial charge in [-0.05, 0) is 30.2 Å². The zero-order valence-electron chi connectivity index (χ0n) is 8.17. The highest BCUT2D eigenvalue weighted by molar-refractivity contribution is 5.99. The second-order valence-electron chi connectivity index (χ2n) is 3.50. The van der Waals surface area contributed by atoms with Crippen molar-refractivity contribution in [3.05, 3.63) is 28.8 Å². The molecule has 1 aliphatic heterocycles. The standard InChI is InChI=1S/C11H13NO2/c1-7-4-11-8(2-3-14-11)5-9(7)10(13)6-12/h4-5H,2-3,6,12H2,1H3. The summed E-state index contributed by atoms with van der Waals surface area (Å²) in [5.74, 6) is 0.910. The van der Waals surface area contributed by atoms with Gasteiger partial charge >= 0.3 is 0 Å². The normalized spacial score (nSPS) is 13.6. The first-order valence-corrected chi connectivity index (χ1v) is 4.72. The van der Waals surface area contributed by atoms with Crippen LogP contribution in [0.5, 0.6) is 5.75 Å². The highest BCUT2D eigenvalue weighted by Crippen LogP contribution is 2.28. The third-order valence-electron chi connectivity index (χ3n) is 2.52. The molecule has 2 rings (SSSR count). The molecule has 3 nitrogen and oxygen atoms in total. The van der Waals surface area contributed by atoms with Crippen LogP contribution >= 0.6 is 0 Å². The molecule has 14 heavy (non-hydrogen) atoms. The SMILES string of the molecule is Cc1cc2c(cc1C(=O)CN)CCO2. The minimum absolute atomic E-state index is 0.00259. The maximum Gasteiger partial charge on any atom is 0.176 e. The number of nitrogens with two attached hydrogens (primary N) is 1. The quantitative estimate of drug-likeness (QED) is 0.711. The van der Waals surface area contributed by atoms with Crippen molar-refractivity contribution < 1.29 is 9.53 Å². The van der Waals surface area contributed by atoms with Crippen molar-refractivity contribution in [1.82, 2.24) is 0 Å². The zero-order valence-corrected chi connectivity index (χ0v) is 8.17. The van der Waals surface area contributed by atoms with Gasteiger partial charge in [-0.25, -0.2) is 0 Å². The number of ether oxygens (including phenoxy) is 1. The molecule has 0 spiro atoms. The number of rotatable bonds is 2. The first kappa shape index (κ1) is 9.21. The predicted octanol–water partition coefficient (Wildman–Crippen LogP) is 1.07. The molecule has 0 fully saturated rings. The average molecular weight is 191 g/mol. The Morgan fingerprint density at radius 2 is 2.36 bits per heavy atom. The molecule has 0 radical (unpaired) electrons. The molecular weight excluding hydrogens is 178 g/mol. The summed E-state index contributed by atoms with van der Waals surface area (Å²) in [5, 5.41) is 0. The van der Waals surface area contributed by atoms with Gasteiger partial charge in [0.2, 0.25) is 0 Å². The van der Waals surface area contributed by atoms with Crippen LogP contribution in [-0.4, -0.2) is 18.9 Å². The Labute approximate surface area is 82.9 Å². The summed E-state index contributed by atoms with van der Waals surface area (Å²) in [6.07, 6.45) is 0.889. The molecule has 0 aromatic heterocycles. The molecule has 0 saturated heterocycles. The van der Waals surface area contributed by atoms with Crippen LogP contribution in [0.4, 0.5) is 0 Å². The van der Waals surface area contributed by atoms with Gasteiger partial charge in [0.1, 0.15) is 5.75 Å². The van der Waals surface area contributed by atoms with Gasteiger partial charge < -0.3 is 10.5 Å². The van der Waals surface area contributed by atoms with Crippen LogP contribution in [-0.2, 0) is 6.42 Å². The van der Waals surface area contributed by atoms with Gasteiger partial charge in [-0.1, -0.05) is 0 Å². The van der Waals surface area contributed by atoms with E-state index in [-0.39, 0.29) is 12.3 Å². The number of Topliss-reactive ketones (excluding diaryl/α,β-unsaturated/α-hetero) is 1. The molecular formula is C11H13NO2. The molecule has 1 aromatic rings. The smallest absolute Gasteiger partial charge is 0.176 e.